The van der Waals surface area contributed by atoms with Crippen LogP contribution in [0.1, 0.15) is 57.9 Å². The SMILES string of the molecule is CN1C(=O)C=C[C@@]2(C)C1CC[C@@H]1[C@H]2CC[C@]2(C)C(Cc3ccc(F)cc3)CC[C@@H]12. The molecule has 1 aliphatic heterocycles. The van der Waals surface area contributed by atoms with E-state index in [2.05, 4.69) is 19.9 Å². The molecule has 0 saturated heterocycles. The molecule has 3 fully saturated rings. The molecule has 0 spiro atoms. The lowest BCUT2D eigenvalue weighted by molar-refractivity contribution is -0.138. The fourth-order valence-corrected chi connectivity index (χ4v) is 8.09. The molecule has 1 aromatic carbocycles. The zero-order valence-corrected chi connectivity index (χ0v) is 18.0. The topological polar surface area (TPSA) is 20.3 Å². The summed E-state index contributed by atoms with van der Waals surface area (Å²) in [5.41, 5.74) is 1.81. The summed E-state index contributed by atoms with van der Waals surface area (Å²) in [6, 6.07) is 7.53. The molecule has 1 amide bonds. The molecule has 1 aromatic rings. The molecule has 3 saturated carbocycles. The molecule has 3 heteroatoms. The van der Waals surface area contributed by atoms with Gasteiger partial charge >= 0.3 is 0 Å². The summed E-state index contributed by atoms with van der Waals surface area (Å²) in [4.78, 5) is 14.2. The fourth-order valence-electron chi connectivity index (χ4n) is 8.09. The first kappa shape index (κ1) is 19.3. The number of rotatable bonds is 2. The second-order valence-corrected chi connectivity index (χ2v) is 10.8. The molecule has 4 aliphatic rings. The van der Waals surface area contributed by atoms with E-state index in [4.69, 9.17) is 0 Å². The van der Waals surface area contributed by atoms with Crippen LogP contribution in [0.3, 0.4) is 0 Å². The number of amides is 1. The van der Waals surface area contributed by atoms with Crippen molar-refractivity contribution in [1.29, 1.82) is 0 Å². The van der Waals surface area contributed by atoms with E-state index in [0.29, 0.717) is 23.3 Å². The number of carbonyl (C=O) groups excluding carboxylic acids is 1. The number of halogens is 1. The Kier molecular flexibility index (Phi) is 4.46. The van der Waals surface area contributed by atoms with Crippen molar-refractivity contribution in [2.45, 2.75) is 64.8 Å². The largest absolute Gasteiger partial charge is 0.338 e. The Labute approximate surface area is 174 Å². The number of carbonyl (C=O) groups is 1. The molecular formula is C26H34FNO. The summed E-state index contributed by atoms with van der Waals surface area (Å²) >= 11 is 0. The molecule has 5 rings (SSSR count). The summed E-state index contributed by atoms with van der Waals surface area (Å²) in [6.45, 7) is 4.97. The van der Waals surface area contributed by atoms with E-state index in [9.17, 15) is 9.18 Å². The Morgan fingerprint density at radius 1 is 1.03 bits per heavy atom. The van der Waals surface area contributed by atoms with E-state index in [0.717, 1.165) is 24.7 Å². The molecule has 156 valence electrons. The lowest BCUT2D eigenvalue weighted by atomic mass is 9.47. The van der Waals surface area contributed by atoms with Gasteiger partial charge in [-0.25, -0.2) is 4.39 Å². The molecule has 1 heterocycles. The molecule has 0 radical (unpaired) electrons. The normalized spacial score (nSPS) is 43.7. The lowest BCUT2D eigenvalue weighted by Gasteiger charge is -2.60. The standard InChI is InChI=1S/C26H34FNO/c1-25-14-12-22-20(9-11-23-26(22,2)15-13-24(29)28(23)3)21(25)10-6-18(25)16-17-4-7-19(27)8-5-17/h4-5,7-8,13,15,18,20-23H,6,9-12,14,16H2,1-3H3/t18?,20-,21-,22+,23?,25+,26+/m0/s1. The van der Waals surface area contributed by atoms with Crippen molar-refractivity contribution in [2.24, 2.45) is 34.5 Å². The zero-order chi connectivity index (χ0) is 20.4. The van der Waals surface area contributed by atoms with Gasteiger partial charge in [0.15, 0.2) is 0 Å². The minimum Gasteiger partial charge on any atom is -0.338 e. The number of likely N-dealkylation sites (N-methyl/N-ethyl adjacent to an activating group) is 1. The van der Waals surface area contributed by atoms with Crippen LogP contribution in [-0.2, 0) is 11.2 Å². The monoisotopic (exact) mass is 395 g/mol. The van der Waals surface area contributed by atoms with Gasteiger partial charge in [0.2, 0.25) is 5.91 Å². The Bertz CT molecular complexity index is 832. The van der Waals surface area contributed by atoms with Gasteiger partial charge in [-0.3, -0.25) is 4.79 Å². The molecule has 0 aromatic heterocycles. The molecule has 0 bridgehead atoms. The predicted octanol–water partition coefficient (Wildman–Crippen LogP) is 5.62. The summed E-state index contributed by atoms with van der Waals surface area (Å²) in [6.07, 6.45) is 12.8. The highest BCUT2D eigenvalue weighted by atomic mass is 19.1. The van der Waals surface area contributed by atoms with Crippen LogP contribution in [0.25, 0.3) is 0 Å². The summed E-state index contributed by atoms with van der Waals surface area (Å²) < 4.78 is 13.3. The second-order valence-electron chi connectivity index (χ2n) is 10.8. The number of hydrogen-bond donors (Lipinski definition) is 0. The molecule has 7 atom stereocenters. The van der Waals surface area contributed by atoms with Gasteiger partial charge < -0.3 is 4.90 Å². The Balaban J connectivity index is 1.39. The van der Waals surface area contributed by atoms with E-state index in [1.165, 1.54) is 37.7 Å². The van der Waals surface area contributed by atoms with E-state index in [1.807, 2.05) is 30.2 Å². The minimum absolute atomic E-state index is 0.127. The first-order valence-electron chi connectivity index (χ1n) is 11.5. The van der Waals surface area contributed by atoms with E-state index in [-0.39, 0.29) is 17.1 Å². The number of fused-ring (bicyclic) bond motifs is 5. The van der Waals surface area contributed by atoms with Crippen LogP contribution >= 0.6 is 0 Å². The van der Waals surface area contributed by atoms with Crippen LogP contribution in [0.5, 0.6) is 0 Å². The van der Waals surface area contributed by atoms with E-state index >= 15 is 0 Å². The number of nitrogens with zero attached hydrogens (tertiary/aromatic N) is 1. The predicted molar refractivity (Wildman–Crippen MR) is 114 cm³/mol. The van der Waals surface area contributed by atoms with Gasteiger partial charge in [-0.2, -0.15) is 0 Å². The second kappa shape index (κ2) is 6.68. The van der Waals surface area contributed by atoms with Gasteiger partial charge in [0.25, 0.3) is 0 Å². The van der Waals surface area contributed by atoms with Crippen molar-refractivity contribution in [1.82, 2.24) is 4.90 Å². The third-order valence-electron chi connectivity index (χ3n) is 9.72. The first-order valence-corrected chi connectivity index (χ1v) is 11.5. The third-order valence-corrected chi connectivity index (χ3v) is 9.72. The fraction of sp³-hybridized carbons (Fsp3) is 0.654. The van der Waals surface area contributed by atoms with Crippen LogP contribution in [0.15, 0.2) is 36.4 Å². The molecule has 2 unspecified atom stereocenters. The van der Waals surface area contributed by atoms with Crippen LogP contribution in [0, 0.1) is 40.3 Å². The molecule has 2 nitrogen and oxygen atoms in total. The van der Waals surface area contributed by atoms with Gasteiger partial charge in [0, 0.05) is 18.5 Å². The number of hydrogen-bond acceptors (Lipinski definition) is 1. The average Bonchev–Trinajstić information content (AvgIpc) is 3.03. The van der Waals surface area contributed by atoms with Crippen molar-refractivity contribution in [2.75, 3.05) is 7.05 Å². The van der Waals surface area contributed by atoms with Gasteiger partial charge in [0.05, 0.1) is 0 Å². The van der Waals surface area contributed by atoms with Gasteiger partial charge in [0.1, 0.15) is 5.82 Å². The Hall–Kier alpha value is -1.64. The van der Waals surface area contributed by atoms with Crippen LogP contribution in [0.4, 0.5) is 4.39 Å². The van der Waals surface area contributed by atoms with Crippen molar-refractivity contribution in [3.05, 3.63) is 47.8 Å². The van der Waals surface area contributed by atoms with Gasteiger partial charge in [-0.05, 0) is 97.8 Å². The van der Waals surface area contributed by atoms with Gasteiger partial charge in [-0.15, -0.1) is 0 Å². The minimum atomic E-state index is -0.140. The summed E-state index contributed by atoms with van der Waals surface area (Å²) in [5, 5.41) is 0. The molecule has 3 aliphatic carbocycles. The highest BCUT2D eigenvalue weighted by molar-refractivity contribution is 5.89. The lowest BCUT2D eigenvalue weighted by Crippen LogP contribution is -2.59. The molecule has 0 N–H and O–H groups in total. The third kappa shape index (κ3) is 2.83. The summed E-state index contributed by atoms with van der Waals surface area (Å²) in [5.74, 6) is 3.00. The van der Waals surface area contributed by atoms with Crippen molar-refractivity contribution in [3.8, 4) is 0 Å². The highest BCUT2D eigenvalue weighted by Crippen LogP contribution is 2.65. The van der Waals surface area contributed by atoms with Crippen LogP contribution < -0.4 is 0 Å². The highest BCUT2D eigenvalue weighted by Gasteiger charge is 2.60. The molecular weight excluding hydrogens is 361 g/mol. The summed E-state index contributed by atoms with van der Waals surface area (Å²) in [7, 11) is 2.00. The quantitative estimate of drug-likeness (QED) is 0.636. The molecule has 29 heavy (non-hydrogen) atoms. The zero-order valence-electron chi connectivity index (χ0n) is 18.0. The van der Waals surface area contributed by atoms with Gasteiger partial charge in [-0.1, -0.05) is 32.1 Å². The smallest absolute Gasteiger partial charge is 0.246 e. The van der Waals surface area contributed by atoms with Crippen molar-refractivity contribution >= 4 is 5.91 Å². The van der Waals surface area contributed by atoms with Crippen LogP contribution in [0.2, 0.25) is 0 Å². The Morgan fingerprint density at radius 3 is 2.55 bits per heavy atom. The average molecular weight is 396 g/mol. The Morgan fingerprint density at radius 2 is 1.79 bits per heavy atom. The van der Waals surface area contributed by atoms with E-state index < -0.39 is 0 Å². The van der Waals surface area contributed by atoms with Crippen LogP contribution in [-0.4, -0.2) is 23.9 Å². The van der Waals surface area contributed by atoms with Crippen molar-refractivity contribution in [3.63, 3.8) is 0 Å². The first-order chi connectivity index (χ1) is 13.8. The maximum absolute atomic E-state index is 13.3. The number of benzene rings is 1. The maximum atomic E-state index is 13.3. The maximum Gasteiger partial charge on any atom is 0.246 e. The van der Waals surface area contributed by atoms with Crippen molar-refractivity contribution < 1.29 is 9.18 Å². The van der Waals surface area contributed by atoms with E-state index in [1.54, 1.807) is 12.1 Å².